The third-order valence-corrected chi connectivity index (χ3v) is 8.14. The molecule has 4 heteroatoms. The molecule has 1 aliphatic heterocycles. The van der Waals surface area contributed by atoms with E-state index in [2.05, 4.69) is 77.4 Å². The molecule has 2 unspecified atom stereocenters. The van der Waals surface area contributed by atoms with Crippen LogP contribution in [0.15, 0.2) is 43.0 Å². The Hall–Kier alpha value is -0.870. The van der Waals surface area contributed by atoms with E-state index in [-0.39, 0.29) is 0 Å². The van der Waals surface area contributed by atoms with Gasteiger partial charge >= 0.3 is 0 Å². The van der Waals surface area contributed by atoms with E-state index < -0.39 is 0 Å². The third kappa shape index (κ3) is 3.90. The Morgan fingerprint density at radius 3 is 2.77 bits per heavy atom. The van der Waals surface area contributed by atoms with E-state index in [1.807, 2.05) is 12.5 Å². The van der Waals surface area contributed by atoms with Gasteiger partial charge in [-0.25, -0.2) is 4.98 Å². The van der Waals surface area contributed by atoms with Gasteiger partial charge in [0.2, 0.25) is 0 Å². The van der Waals surface area contributed by atoms with Crippen molar-refractivity contribution < 1.29 is 0 Å². The highest BCUT2D eigenvalue weighted by Crippen LogP contribution is 2.52. The third-order valence-electron chi connectivity index (χ3n) is 4.27. The van der Waals surface area contributed by atoms with E-state index >= 15 is 0 Å². The van der Waals surface area contributed by atoms with E-state index in [1.54, 1.807) is 0 Å². The molecule has 2 nitrogen and oxygen atoms in total. The van der Waals surface area contributed by atoms with Crippen molar-refractivity contribution >= 4 is 23.5 Å². The molecule has 0 spiro atoms. The zero-order valence-corrected chi connectivity index (χ0v) is 15.0. The minimum atomic E-state index is 0.298. The molecule has 0 radical (unpaired) electrons. The second-order valence-corrected chi connectivity index (χ2v) is 9.44. The number of benzene rings is 1. The van der Waals surface area contributed by atoms with Crippen molar-refractivity contribution in [2.24, 2.45) is 0 Å². The molecule has 118 valence electrons. The van der Waals surface area contributed by atoms with E-state index in [4.69, 9.17) is 0 Å². The summed E-state index contributed by atoms with van der Waals surface area (Å²) in [6, 6.07) is 9.01. The van der Waals surface area contributed by atoms with Gasteiger partial charge in [-0.2, -0.15) is 0 Å². The second kappa shape index (κ2) is 7.14. The molecule has 22 heavy (non-hydrogen) atoms. The number of hydrogen-bond acceptors (Lipinski definition) is 3. The number of aromatic nitrogens is 2. The summed E-state index contributed by atoms with van der Waals surface area (Å²) < 4.78 is 2.54. The maximum Gasteiger partial charge on any atom is 0.0946 e. The fourth-order valence-electron chi connectivity index (χ4n) is 2.86. The molecular weight excluding hydrogens is 308 g/mol. The summed E-state index contributed by atoms with van der Waals surface area (Å²) >= 11 is 4.35. The lowest BCUT2D eigenvalue weighted by Gasteiger charge is -2.28. The van der Waals surface area contributed by atoms with Crippen molar-refractivity contribution in [1.82, 2.24) is 9.55 Å². The first kappa shape index (κ1) is 16.0. The number of rotatable bonds is 6. The average Bonchev–Trinajstić information content (AvgIpc) is 3.17. The first-order valence-electron chi connectivity index (χ1n) is 8.02. The molecule has 1 fully saturated rings. The largest absolute Gasteiger partial charge is 0.335 e. The van der Waals surface area contributed by atoms with E-state index in [0.29, 0.717) is 4.08 Å². The fraction of sp³-hybridized carbons (Fsp3) is 0.500. The highest BCUT2D eigenvalue weighted by Gasteiger charge is 2.40. The van der Waals surface area contributed by atoms with Gasteiger partial charge < -0.3 is 4.57 Å². The summed E-state index contributed by atoms with van der Waals surface area (Å²) in [5, 5.41) is 0.798. The minimum Gasteiger partial charge on any atom is -0.335 e. The predicted molar refractivity (Wildman–Crippen MR) is 98.6 cm³/mol. The highest BCUT2D eigenvalue weighted by molar-refractivity contribution is 8.21. The van der Waals surface area contributed by atoms with E-state index in [0.717, 1.165) is 18.2 Å². The molecule has 2 heterocycles. The van der Waals surface area contributed by atoms with Crippen LogP contribution in [0.25, 0.3) is 0 Å². The predicted octanol–water partition coefficient (Wildman–Crippen LogP) is 4.78. The molecule has 1 aliphatic rings. The van der Waals surface area contributed by atoms with Crippen molar-refractivity contribution in [3.8, 4) is 0 Å². The summed E-state index contributed by atoms with van der Waals surface area (Å²) in [4.78, 5) is 4.21. The normalized spacial score (nSPS) is 24.7. The van der Waals surface area contributed by atoms with Gasteiger partial charge in [-0.1, -0.05) is 36.8 Å². The average molecular weight is 333 g/mol. The number of thioether (sulfide) groups is 2. The van der Waals surface area contributed by atoms with Crippen molar-refractivity contribution in [3.63, 3.8) is 0 Å². The molecule has 3 rings (SSSR count). The molecule has 2 aromatic rings. The molecule has 0 bridgehead atoms. The van der Waals surface area contributed by atoms with Crippen molar-refractivity contribution in [2.45, 2.75) is 49.0 Å². The van der Waals surface area contributed by atoms with Crippen molar-refractivity contribution in [2.75, 3.05) is 5.75 Å². The van der Waals surface area contributed by atoms with Crippen LogP contribution in [-0.4, -0.2) is 24.6 Å². The second-order valence-electron chi connectivity index (χ2n) is 6.09. The zero-order valence-electron chi connectivity index (χ0n) is 13.4. The molecule has 0 saturated carbocycles. The van der Waals surface area contributed by atoms with Gasteiger partial charge in [-0.15, -0.1) is 23.5 Å². The Labute approximate surface area is 142 Å². The first-order chi connectivity index (χ1) is 10.7. The number of hydrogen-bond donors (Lipinski definition) is 0. The smallest absolute Gasteiger partial charge is 0.0946 e. The van der Waals surface area contributed by atoms with Crippen LogP contribution in [-0.2, 0) is 13.0 Å². The molecule has 0 N–H and O–H groups in total. The molecule has 1 aromatic carbocycles. The van der Waals surface area contributed by atoms with Gasteiger partial charge in [0.05, 0.1) is 10.4 Å². The molecule has 1 saturated heterocycles. The topological polar surface area (TPSA) is 17.8 Å². The molecule has 0 amide bonds. The van der Waals surface area contributed by atoms with Crippen LogP contribution in [0.3, 0.4) is 0 Å². The number of imidazole rings is 1. The monoisotopic (exact) mass is 332 g/mol. The Kier molecular flexibility index (Phi) is 5.19. The SMILES string of the molecule is CCC1CSC(CCc2ccc(C)cc2)(Cn2ccnc2)S1. The van der Waals surface area contributed by atoms with Crippen LogP contribution < -0.4 is 0 Å². The standard InChI is InChI=1S/C18H24N2S2/c1-3-17-12-21-18(22-17,13-20-11-10-19-14-20)9-8-16-6-4-15(2)5-7-16/h4-7,10-11,14,17H,3,8-9,12-13H2,1-2H3. The van der Waals surface area contributed by atoms with E-state index in [9.17, 15) is 0 Å². The van der Waals surface area contributed by atoms with E-state index in [1.165, 1.54) is 29.7 Å². The van der Waals surface area contributed by atoms with Crippen molar-refractivity contribution in [1.29, 1.82) is 0 Å². The fourth-order valence-corrected chi connectivity index (χ4v) is 6.65. The minimum absolute atomic E-state index is 0.298. The summed E-state index contributed by atoms with van der Waals surface area (Å²) in [6.45, 7) is 5.52. The summed E-state index contributed by atoms with van der Waals surface area (Å²) in [6.07, 6.45) is 9.58. The Morgan fingerprint density at radius 2 is 2.14 bits per heavy atom. The summed E-state index contributed by atoms with van der Waals surface area (Å²) in [7, 11) is 0. The van der Waals surface area contributed by atoms with Crippen LogP contribution in [0, 0.1) is 6.92 Å². The van der Waals surface area contributed by atoms with Gasteiger partial charge in [-0.3, -0.25) is 0 Å². The summed E-state index contributed by atoms with van der Waals surface area (Å²) in [5.41, 5.74) is 2.80. The highest BCUT2D eigenvalue weighted by atomic mass is 32.2. The van der Waals surface area contributed by atoms with Gasteiger partial charge in [-0.05, 0) is 31.7 Å². The Bertz CT molecular complexity index is 580. The Balaban J connectivity index is 1.70. The van der Waals surface area contributed by atoms with Crippen LogP contribution in [0.4, 0.5) is 0 Å². The van der Waals surface area contributed by atoms with Crippen LogP contribution >= 0.6 is 23.5 Å². The van der Waals surface area contributed by atoms with Crippen LogP contribution in [0.2, 0.25) is 0 Å². The van der Waals surface area contributed by atoms with Crippen LogP contribution in [0.5, 0.6) is 0 Å². The van der Waals surface area contributed by atoms with Gasteiger partial charge in [0.1, 0.15) is 0 Å². The van der Waals surface area contributed by atoms with Crippen molar-refractivity contribution in [3.05, 3.63) is 54.1 Å². The van der Waals surface area contributed by atoms with Gasteiger partial charge in [0, 0.05) is 29.9 Å². The zero-order chi connectivity index (χ0) is 15.4. The maximum atomic E-state index is 4.21. The first-order valence-corrected chi connectivity index (χ1v) is 9.89. The van der Waals surface area contributed by atoms with Gasteiger partial charge in [0.15, 0.2) is 0 Å². The number of aryl methyl sites for hydroxylation is 2. The lowest BCUT2D eigenvalue weighted by atomic mass is 10.1. The lowest BCUT2D eigenvalue weighted by Crippen LogP contribution is -2.25. The van der Waals surface area contributed by atoms with Gasteiger partial charge in [0.25, 0.3) is 0 Å². The maximum absolute atomic E-state index is 4.21. The summed E-state index contributed by atoms with van der Waals surface area (Å²) in [5.74, 6) is 1.28. The molecule has 2 atom stereocenters. The molecule has 1 aromatic heterocycles. The Morgan fingerprint density at radius 1 is 1.32 bits per heavy atom. The number of nitrogens with zero attached hydrogens (tertiary/aromatic N) is 2. The lowest BCUT2D eigenvalue weighted by molar-refractivity contribution is 0.592. The molecular formula is C18H24N2S2. The quantitative estimate of drug-likeness (QED) is 0.758. The molecule has 0 aliphatic carbocycles. The van der Waals surface area contributed by atoms with Crippen LogP contribution in [0.1, 0.15) is 30.9 Å².